The Morgan fingerprint density at radius 2 is 2.09 bits per heavy atom. The summed E-state index contributed by atoms with van der Waals surface area (Å²) in [5.41, 5.74) is 4.48. The normalized spacial score (nSPS) is 13.6. The molecule has 0 radical (unpaired) electrons. The lowest BCUT2D eigenvalue weighted by Crippen LogP contribution is -2.29. The number of aryl methyl sites for hydroxylation is 2. The molecule has 110 valence electrons. The minimum absolute atomic E-state index is 0.0217. The molecular formula is C17H16N4O. The lowest BCUT2D eigenvalue weighted by molar-refractivity contribution is 0.0991. The molecule has 0 saturated heterocycles. The molecule has 1 aromatic carbocycles. The molecule has 0 atom stereocenters. The van der Waals surface area contributed by atoms with Gasteiger partial charge in [0, 0.05) is 25.0 Å². The summed E-state index contributed by atoms with van der Waals surface area (Å²) in [6.07, 6.45) is 2.62. The summed E-state index contributed by atoms with van der Waals surface area (Å²) in [7, 11) is 1.84. The van der Waals surface area contributed by atoms with Crippen molar-refractivity contribution in [2.45, 2.75) is 13.3 Å². The van der Waals surface area contributed by atoms with Gasteiger partial charge in [0.25, 0.3) is 5.91 Å². The van der Waals surface area contributed by atoms with E-state index >= 15 is 0 Å². The van der Waals surface area contributed by atoms with Crippen LogP contribution in [0.3, 0.4) is 0 Å². The number of aromatic nitrogens is 3. The number of rotatable bonds is 1. The fourth-order valence-corrected chi connectivity index (χ4v) is 3.11. The van der Waals surface area contributed by atoms with Crippen LogP contribution in [0.5, 0.6) is 0 Å². The van der Waals surface area contributed by atoms with Crippen molar-refractivity contribution >= 4 is 22.6 Å². The molecule has 5 nitrogen and oxygen atoms in total. The first-order valence-corrected chi connectivity index (χ1v) is 7.34. The van der Waals surface area contributed by atoms with Crippen LogP contribution in [0.15, 0.2) is 36.5 Å². The average Bonchev–Trinajstić information content (AvgIpc) is 3.10. The van der Waals surface area contributed by atoms with Crippen LogP contribution >= 0.6 is 0 Å². The molecule has 0 aliphatic carbocycles. The highest BCUT2D eigenvalue weighted by molar-refractivity contribution is 6.14. The van der Waals surface area contributed by atoms with Crippen molar-refractivity contribution in [3.05, 3.63) is 53.3 Å². The van der Waals surface area contributed by atoms with E-state index in [2.05, 4.69) is 16.1 Å². The number of para-hydroxylation sites is 1. The zero-order valence-electron chi connectivity index (χ0n) is 12.6. The van der Waals surface area contributed by atoms with Crippen LogP contribution < -0.4 is 4.90 Å². The van der Waals surface area contributed by atoms with Crippen molar-refractivity contribution in [1.29, 1.82) is 0 Å². The Hall–Kier alpha value is -2.69. The molecule has 1 amide bonds. The van der Waals surface area contributed by atoms with Gasteiger partial charge >= 0.3 is 0 Å². The first kappa shape index (κ1) is 13.0. The van der Waals surface area contributed by atoms with Crippen LogP contribution in [0.4, 0.5) is 5.69 Å². The molecule has 0 spiro atoms. The van der Waals surface area contributed by atoms with E-state index in [0.29, 0.717) is 5.56 Å². The van der Waals surface area contributed by atoms with Gasteiger partial charge in [0.05, 0.1) is 17.1 Å². The second-order valence-electron chi connectivity index (χ2n) is 5.65. The lowest BCUT2D eigenvalue weighted by Gasteiger charge is -2.18. The van der Waals surface area contributed by atoms with E-state index in [4.69, 9.17) is 0 Å². The molecule has 0 N–H and O–H groups in total. The van der Waals surface area contributed by atoms with Gasteiger partial charge in [0.1, 0.15) is 0 Å². The maximum atomic E-state index is 13.0. The monoisotopic (exact) mass is 292 g/mol. The van der Waals surface area contributed by atoms with Crippen LogP contribution in [0.1, 0.15) is 21.6 Å². The Labute approximate surface area is 128 Å². The van der Waals surface area contributed by atoms with E-state index < -0.39 is 0 Å². The third-order valence-corrected chi connectivity index (χ3v) is 4.20. The van der Waals surface area contributed by atoms with E-state index in [0.717, 1.165) is 35.4 Å². The number of nitrogens with zero attached hydrogens (tertiary/aromatic N) is 4. The molecule has 1 aliphatic rings. The van der Waals surface area contributed by atoms with E-state index in [-0.39, 0.29) is 5.91 Å². The third-order valence-electron chi connectivity index (χ3n) is 4.20. The van der Waals surface area contributed by atoms with Crippen LogP contribution in [0.25, 0.3) is 11.0 Å². The number of carbonyl (C=O) groups excluding carboxylic acids is 1. The molecule has 0 unspecified atom stereocenters. The number of fused-ring (bicyclic) bond motifs is 2. The van der Waals surface area contributed by atoms with Gasteiger partial charge in [-0.05, 0) is 31.0 Å². The first-order valence-electron chi connectivity index (χ1n) is 7.34. The minimum atomic E-state index is 0.0217. The Balaban J connectivity index is 1.85. The molecule has 0 fully saturated rings. The molecule has 3 aromatic rings. The molecule has 0 bridgehead atoms. The van der Waals surface area contributed by atoms with Gasteiger partial charge in [-0.3, -0.25) is 9.48 Å². The zero-order chi connectivity index (χ0) is 15.3. The molecule has 3 heterocycles. The second-order valence-corrected chi connectivity index (χ2v) is 5.65. The van der Waals surface area contributed by atoms with Gasteiger partial charge < -0.3 is 4.90 Å². The van der Waals surface area contributed by atoms with E-state index in [9.17, 15) is 4.79 Å². The summed E-state index contributed by atoms with van der Waals surface area (Å²) < 4.78 is 1.71. The fourth-order valence-electron chi connectivity index (χ4n) is 3.11. The molecule has 2 aromatic heterocycles. The molecule has 4 rings (SSSR count). The highest BCUT2D eigenvalue weighted by Gasteiger charge is 2.27. The van der Waals surface area contributed by atoms with Gasteiger partial charge in [-0.2, -0.15) is 5.10 Å². The molecule has 22 heavy (non-hydrogen) atoms. The minimum Gasteiger partial charge on any atom is -0.308 e. The Bertz CT molecular complexity index is 897. The second kappa shape index (κ2) is 4.66. The predicted octanol–water partition coefficient (Wildman–Crippen LogP) is 2.48. The summed E-state index contributed by atoms with van der Waals surface area (Å²) in [5, 5.41) is 5.04. The maximum Gasteiger partial charge on any atom is 0.259 e. The molecule has 1 aliphatic heterocycles. The average molecular weight is 292 g/mol. The SMILES string of the molecule is Cc1cc(C(=O)N2CCc3ccccc32)c2cnn(C)c2n1. The van der Waals surface area contributed by atoms with Gasteiger partial charge in [-0.15, -0.1) is 0 Å². The maximum absolute atomic E-state index is 13.0. The summed E-state index contributed by atoms with van der Waals surface area (Å²) in [4.78, 5) is 19.4. The van der Waals surface area contributed by atoms with Crippen molar-refractivity contribution < 1.29 is 4.79 Å². The quantitative estimate of drug-likeness (QED) is 0.692. The van der Waals surface area contributed by atoms with Crippen LogP contribution in [-0.4, -0.2) is 27.2 Å². The van der Waals surface area contributed by atoms with Crippen molar-refractivity contribution in [3.63, 3.8) is 0 Å². The van der Waals surface area contributed by atoms with Gasteiger partial charge in [0.15, 0.2) is 5.65 Å². The number of pyridine rings is 1. The van der Waals surface area contributed by atoms with Crippen LogP contribution in [0, 0.1) is 6.92 Å². The smallest absolute Gasteiger partial charge is 0.259 e. The molecule has 5 heteroatoms. The van der Waals surface area contributed by atoms with Crippen LogP contribution in [0.2, 0.25) is 0 Å². The summed E-state index contributed by atoms with van der Waals surface area (Å²) >= 11 is 0. The van der Waals surface area contributed by atoms with E-state index in [1.54, 1.807) is 10.9 Å². The largest absolute Gasteiger partial charge is 0.308 e. The lowest BCUT2D eigenvalue weighted by atomic mass is 10.1. The fraction of sp³-hybridized carbons (Fsp3) is 0.235. The number of hydrogen-bond donors (Lipinski definition) is 0. The molecule has 0 saturated carbocycles. The zero-order valence-corrected chi connectivity index (χ0v) is 12.6. The highest BCUT2D eigenvalue weighted by Crippen LogP contribution is 2.30. The Morgan fingerprint density at radius 3 is 2.95 bits per heavy atom. The number of hydrogen-bond acceptors (Lipinski definition) is 3. The Morgan fingerprint density at radius 1 is 1.27 bits per heavy atom. The standard InChI is InChI=1S/C17H16N4O/c1-11-9-13(14-10-18-20(2)16(14)19-11)17(22)21-8-7-12-5-3-4-6-15(12)21/h3-6,9-10H,7-8H2,1-2H3. The topological polar surface area (TPSA) is 51.0 Å². The molecular weight excluding hydrogens is 276 g/mol. The van der Waals surface area contributed by atoms with E-state index in [1.807, 2.05) is 43.1 Å². The van der Waals surface area contributed by atoms with Crippen molar-refractivity contribution in [1.82, 2.24) is 14.8 Å². The number of benzene rings is 1. The van der Waals surface area contributed by atoms with Gasteiger partial charge in [-0.25, -0.2) is 4.98 Å². The highest BCUT2D eigenvalue weighted by atomic mass is 16.2. The summed E-state index contributed by atoms with van der Waals surface area (Å²) in [6.45, 7) is 2.63. The van der Waals surface area contributed by atoms with Crippen LogP contribution in [-0.2, 0) is 13.5 Å². The van der Waals surface area contributed by atoms with Gasteiger partial charge in [0.2, 0.25) is 0 Å². The van der Waals surface area contributed by atoms with Gasteiger partial charge in [-0.1, -0.05) is 18.2 Å². The van der Waals surface area contributed by atoms with Crippen molar-refractivity contribution in [3.8, 4) is 0 Å². The van der Waals surface area contributed by atoms with Crippen molar-refractivity contribution in [2.75, 3.05) is 11.4 Å². The number of anilines is 1. The first-order chi connectivity index (χ1) is 10.6. The third kappa shape index (κ3) is 1.82. The number of carbonyl (C=O) groups is 1. The van der Waals surface area contributed by atoms with E-state index in [1.165, 1.54) is 5.56 Å². The summed E-state index contributed by atoms with van der Waals surface area (Å²) in [6, 6.07) is 9.94. The summed E-state index contributed by atoms with van der Waals surface area (Å²) in [5.74, 6) is 0.0217. The van der Waals surface area contributed by atoms with Crippen molar-refractivity contribution in [2.24, 2.45) is 7.05 Å². The Kier molecular flexibility index (Phi) is 2.76. The number of amides is 1. The predicted molar refractivity (Wildman–Crippen MR) is 85.1 cm³/mol.